The second-order valence-electron chi connectivity index (χ2n) is 2.38. The molecule has 0 spiro atoms. The van der Waals surface area contributed by atoms with Crippen molar-refractivity contribution in [2.75, 3.05) is 0 Å². The fraction of sp³-hybridized carbons (Fsp3) is 0.500. The molecule has 0 fully saturated rings. The molecule has 1 aromatic rings. The van der Waals surface area contributed by atoms with Crippen molar-refractivity contribution in [3.63, 3.8) is 0 Å². The highest BCUT2D eigenvalue weighted by Gasteiger charge is 2.18. The standard InChI is InChI=1S/C6H9N3O2/c1-4-6(9(10)11)7-5(2)8(4)3/h1-3H3. The van der Waals surface area contributed by atoms with Crippen LogP contribution in [0.3, 0.4) is 0 Å². The van der Waals surface area contributed by atoms with E-state index in [0.29, 0.717) is 11.5 Å². The Labute approximate surface area is 63.8 Å². The topological polar surface area (TPSA) is 61.0 Å². The Morgan fingerprint density at radius 1 is 1.55 bits per heavy atom. The number of nitro groups is 1. The molecule has 0 atom stereocenters. The predicted molar refractivity (Wildman–Crippen MR) is 39.3 cm³/mol. The highest BCUT2D eigenvalue weighted by Crippen LogP contribution is 2.15. The molecule has 0 saturated heterocycles. The molecule has 0 aliphatic carbocycles. The molecule has 0 amide bonds. The first kappa shape index (κ1) is 7.71. The molecule has 0 aliphatic heterocycles. The van der Waals surface area contributed by atoms with Crippen molar-refractivity contribution in [1.29, 1.82) is 0 Å². The molecule has 5 nitrogen and oxygen atoms in total. The van der Waals surface area contributed by atoms with Gasteiger partial charge in [-0.25, -0.2) is 0 Å². The van der Waals surface area contributed by atoms with Crippen LogP contribution in [0.25, 0.3) is 0 Å². The molecular weight excluding hydrogens is 146 g/mol. The van der Waals surface area contributed by atoms with Crippen molar-refractivity contribution in [3.05, 3.63) is 21.6 Å². The third kappa shape index (κ3) is 1.09. The molecule has 0 unspecified atom stereocenters. The molecule has 0 radical (unpaired) electrons. The lowest BCUT2D eigenvalue weighted by molar-refractivity contribution is -0.390. The van der Waals surface area contributed by atoms with Gasteiger partial charge in [-0.05, 0) is 16.8 Å². The number of aromatic nitrogens is 2. The molecule has 60 valence electrons. The lowest BCUT2D eigenvalue weighted by Crippen LogP contribution is -1.94. The largest absolute Gasteiger partial charge is 0.384 e. The monoisotopic (exact) mass is 155 g/mol. The normalized spacial score (nSPS) is 10.1. The summed E-state index contributed by atoms with van der Waals surface area (Å²) in [4.78, 5) is 13.6. The van der Waals surface area contributed by atoms with E-state index in [1.54, 1.807) is 25.5 Å². The number of rotatable bonds is 1. The summed E-state index contributed by atoms with van der Waals surface area (Å²) in [7, 11) is 1.75. The summed E-state index contributed by atoms with van der Waals surface area (Å²) in [6.07, 6.45) is 0. The van der Waals surface area contributed by atoms with E-state index in [1.165, 1.54) is 0 Å². The third-order valence-corrected chi connectivity index (χ3v) is 1.75. The summed E-state index contributed by atoms with van der Waals surface area (Å²) < 4.78 is 1.69. The van der Waals surface area contributed by atoms with Gasteiger partial charge in [-0.3, -0.25) is 0 Å². The summed E-state index contributed by atoms with van der Waals surface area (Å²) >= 11 is 0. The number of hydrogen-bond donors (Lipinski definition) is 0. The molecule has 0 aliphatic rings. The summed E-state index contributed by atoms with van der Waals surface area (Å²) in [5.41, 5.74) is 0.590. The Morgan fingerprint density at radius 3 is 2.27 bits per heavy atom. The summed E-state index contributed by atoms with van der Waals surface area (Å²) in [5.74, 6) is 0.610. The minimum Gasteiger partial charge on any atom is -0.358 e. The van der Waals surface area contributed by atoms with Gasteiger partial charge < -0.3 is 14.7 Å². The van der Waals surface area contributed by atoms with Crippen LogP contribution in [0.1, 0.15) is 11.5 Å². The first-order chi connectivity index (χ1) is 5.04. The van der Waals surface area contributed by atoms with Crippen LogP contribution >= 0.6 is 0 Å². The van der Waals surface area contributed by atoms with Gasteiger partial charge in [0.25, 0.3) is 0 Å². The van der Waals surface area contributed by atoms with Gasteiger partial charge in [0.2, 0.25) is 5.82 Å². The van der Waals surface area contributed by atoms with E-state index in [2.05, 4.69) is 4.98 Å². The second-order valence-corrected chi connectivity index (χ2v) is 2.38. The van der Waals surface area contributed by atoms with Gasteiger partial charge in [0.05, 0.1) is 0 Å². The highest BCUT2D eigenvalue weighted by atomic mass is 16.6. The van der Waals surface area contributed by atoms with E-state index >= 15 is 0 Å². The maximum atomic E-state index is 10.3. The fourth-order valence-corrected chi connectivity index (χ4v) is 0.875. The number of hydrogen-bond acceptors (Lipinski definition) is 3. The molecule has 5 heteroatoms. The average molecular weight is 155 g/mol. The Morgan fingerprint density at radius 2 is 2.09 bits per heavy atom. The van der Waals surface area contributed by atoms with Crippen molar-refractivity contribution < 1.29 is 4.92 Å². The van der Waals surface area contributed by atoms with Crippen LogP contribution in [0, 0.1) is 24.0 Å². The molecule has 0 N–H and O–H groups in total. The van der Waals surface area contributed by atoms with E-state index in [-0.39, 0.29) is 5.82 Å². The van der Waals surface area contributed by atoms with Gasteiger partial charge in [-0.1, -0.05) is 0 Å². The zero-order chi connectivity index (χ0) is 8.59. The second kappa shape index (κ2) is 2.34. The SMILES string of the molecule is Cc1nc([N+](=O)[O-])c(C)n1C. The maximum absolute atomic E-state index is 10.3. The van der Waals surface area contributed by atoms with Crippen LogP contribution in [0.5, 0.6) is 0 Å². The van der Waals surface area contributed by atoms with E-state index in [9.17, 15) is 10.1 Å². The minimum atomic E-state index is -0.470. The van der Waals surface area contributed by atoms with Crippen molar-refractivity contribution in [2.45, 2.75) is 13.8 Å². The van der Waals surface area contributed by atoms with E-state index in [4.69, 9.17) is 0 Å². The summed E-state index contributed by atoms with van der Waals surface area (Å²) in [6.45, 7) is 3.41. The van der Waals surface area contributed by atoms with Gasteiger partial charge >= 0.3 is 5.82 Å². The van der Waals surface area contributed by atoms with E-state index in [0.717, 1.165) is 0 Å². The number of imidazole rings is 1. The van der Waals surface area contributed by atoms with Crippen molar-refractivity contribution >= 4 is 5.82 Å². The first-order valence-corrected chi connectivity index (χ1v) is 3.18. The Hall–Kier alpha value is -1.39. The quantitative estimate of drug-likeness (QED) is 0.448. The van der Waals surface area contributed by atoms with E-state index < -0.39 is 4.92 Å². The van der Waals surface area contributed by atoms with Gasteiger partial charge in [0.1, 0.15) is 5.69 Å². The Bertz CT molecular complexity index is 303. The molecule has 0 saturated carbocycles. The Kier molecular flexibility index (Phi) is 1.64. The predicted octanol–water partition coefficient (Wildman–Crippen LogP) is 0.945. The van der Waals surface area contributed by atoms with Crippen LogP contribution in [0.2, 0.25) is 0 Å². The highest BCUT2D eigenvalue weighted by molar-refractivity contribution is 5.27. The van der Waals surface area contributed by atoms with Gasteiger partial charge in [0.15, 0.2) is 0 Å². The van der Waals surface area contributed by atoms with Crippen LogP contribution in [-0.4, -0.2) is 14.5 Å². The molecule has 1 heterocycles. The Balaban J connectivity index is 3.29. The van der Waals surface area contributed by atoms with E-state index in [1.807, 2.05) is 0 Å². The molecule has 0 aromatic carbocycles. The smallest absolute Gasteiger partial charge is 0.358 e. The summed E-state index contributed by atoms with van der Waals surface area (Å²) in [5, 5.41) is 10.3. The zero-order valence-corrected chi connectivity index (χ0v) is 6.66. The lowest BCUT2D eigenvalue weighted by Gasteiger charge is -1.92. The zero-order valence-electron chi connectivity index (χ0n) is 6.66. The number of aryl methyl sites for hydroxylation is 1. The molecular formula is C6H9N3O2. The molecule has 11 heavy (non-hydrogen) atoms. The first-order valence-electron chi connectivity index (χ1n) is 3.18. The minimum absolute atomic E-state index is 0.0509. The van der Waals surface area contributed by atoms with Gasteiger partial charge in [0, 0.05) is 14.0 Å². The van der Waals surface area contributed by atoms with Gasteiger partial charge in [-0.15, -0.1) is 0 Å². The third-order valence-electron chi connectivity index (χ3n) is 1.75. The van der Waals surface area contributed by atoms with Crippen molar-refractivity contribution in [2.24, 2.45) is 7.05 Å². The summed E-state index contributed by atoms with van der Waals surface area (Å²) in [6, 6.07) is 0. The van der Waals surface area contributed by atoms with Crippen LogP contribution in [0.4, 0.5) is 5.82 Å². The van der Waals surface area contributed by atoms with Gasteiger partial charge in [-0.2, -0.15) is 0 Å². The van der Waals surface area contributed by atoms with Crippen LogP contribution in [0.15, 0.2) is 0 Å². The van der Waals surface area contributed by atoms with Crippen molar-refractivity contribution in [3.8, 4) is 0 Å². The lowest BCUT2D eigenvalue weighted by atomic mass is 10.5. The molecule has 1 rings (SSSR count). The van der Waals surface area contributed by atoms with Crippen LogP contribution in [-0.2, 0) is 7.05 Å². The average Bonchev–Trinajstić information content (AvgIpc) is 2.17. The molecule has 0 bridgehead atoms. The maximum Gasteiger partial charge on any atom is 0.384 e. The fourth-order valence-electron chi connectivity index (χ4n) is 0.875. The number of nitrogens with zero attached hydrogens (tertiary/aromatic N) is 3. The van der Waals surface area contributed by atoms with Crippen LogP contribution < -0.4 is 0 Å². The molecule has 1 aromatic heterocycles. The van der Waals surface area contributed by atoms with Crippen molar-refractivity contribution in [1.82, 2.24) is 9.55 Å².